The Kier molecular flexibility index (Phi) is 4.86. The van der Waals surface area contributed by atoms with Crippen LogP contribution in [0.15, 0.2) is 24.3 Å². The first kappa shape index (κ1) is 17.3. The molecule has 4 nitrogen and oxygen atoms in total. The van der Waals surface area contributed by atoms with Crippen LogP contribution in [0, 0.1) is 23.2 Å². The highest BCUT2D eigenvalue weighted by atomic mass is 16.5. The van der Waals surface area contributed by atoms with E-state index in [0.717, 1.165) is 32.1 Å². The molecule has 0 unspecified atom stereocenters. The van der Waals surface area contributed by atoms with Crippen LogP contribution in [0.4, 0.5) is 0 Å². The zero-order valence-corrected chi connectivity index (χ0v) is 14.6. The minimum Gasteiger partial charge on any atom is -0.508 e. The van der Waals surface area contributed by atoms with E-state index in [1.807, 2.05) is 0 Å². The molecular weight excluding hydrogens is 304 g/mol. The molecule has 0 aromatic heterocycles. The lowest BCUT2D eigenvalue weighted by Gasteiger charge is -2.45. The molecule has 0 bridgehead atoms. The predicted octanol–water partition coefficient (Wildman–Crippen LogP) is 3.76. The van der Waals surface area contributed by atoms with Gasteiger partial charge in [-0.2, -0.15) is 0 Å². The van der Waals surface area contributed by atoms with E-state index < -0.39 is 0 Å². The minimum atomic E-state index is -0.388. The molecule has 0 spiro atoms. The molecule has 132 valence electrons. The summed E-state index contributed by atoms with van der Waals surface area (Å²) in [7, 11) is 0. The number of carbonyl (C=O) groups is 1. The fraction of sp³-hybridized carbons (Fsp3) is 0.650. The smallest absolute Gasteiger partial charge is 0.338 e. The largest absolute Gasteiger partial charge is 0.508 e. The summed E-state index contributed by atoms with van der Waals surface area (Å²) >= 11 is 0. The quantitative estimate of drug-likeness (QED) is 0.824. The maximum absolute atomic E-state index is 12.2. The van der Waals surface area contributed by atoms with E-state index in [0.29, 0.717) is 24.0 Å². The summed E-state index contributed by atoms with van der Waals surface area (Å²) in [5.74, 6) is 0.822. The molecule has 24 heavy (non-hydrogen) atoms. The van der Waals surface area contributed by atoms with Crippen molar-refractivity contribution in [1.29, 1.82) is 0 Å². The number of benzene rings is 1. The van der Waals surface area contributed by atoms with Gasteiger partial charge in [0.05, 0.1) is 18.3 Å². The van der Waals surface area contributed by atoms with Crippen LogP contribution in [-0.2, 0) is 4.74 Å². The Morgan fingerprint density at radius 1 is 1.38 bits per heavy atom. The van der Waals surface area contributed by atoms with E-state index in [1.165, 1.54) is 12.1 Å². The van der Waals surface area contributed by atoms with Crippen molar-refractivity contribution in [1.82, 2.24) is 0 Å². The van der Waals surface area contributed by atoms with E-state index in [2.05, 4.69) is 13.8 Å². The highest BCUT2D eigenvalue weighted by Gasteiger charge is 2.52. The van der Waals surface area contributed by atoms with Crippen molar-refractivity contribution in [3.63, 3.8) is 0 Å². The molecule has 2 fully saturated rings. The molecule has 3 rings (SSSR count). The number of ether oxygens (including phenoxy) is 1. The Hall–Kier alpha value is -1.55. The van der Waals surface area contributed by atoms with Gasteiger partial charge < -0.3 is 14.9 Å². The van der Waals surface area contributed by atoms with Crippen LogP contribution in [0.1, 0.15) is 56.3 Å². The van der Waals surface area contributed by atoms with Crippen molar-refractivity contribution >= 4 is 5.97 Å². The van der Waals surface area contributed by atoms with E-state index in [1.54, 1.807) is 12.1 Å². The Morgan fingerprint density at radius 3 is 2.92 bits per heavy atom. The molecular formula is C20H28O4. The first-order chi connectivity index (χ1) is 11.4. The van der Waals surface area contributed by atoms with E-state index in [9.17, 15) is 15.0 Å². The SMILES string of the molecule is C[C@H](COC(=O)c1cccc(O)c1)[C@H]1CC[C@H]2[C@@H](O)CCC[C@]12C. The van der Waals surface area contributed by atoms with Gasteiger partial charge in [-0.25, -0.2) is 4.79 Å². The lowest BCUT2D eigenvalue weighted by Crippen LogP contribution is -2.42. The van der Waals surface area contributed by atoms with Gasteiger partial charge in [-0.05, 0) is 67.1 Å². The number of rotatable bonds is 4. The van der Waals surface area contributed by atoms with Gasteiger partial charge in [-0.1, -0.05) is 26.3 Å². The van der Waals surface area contributed by atoms with Gasteiger partial charge in [0.2, 0.25) is 0 Å². The zero-order valence-electron chi connectivity index (χ0n) is 14.6. The lowest BCUT2D eigenvalue weighted by molar-refractivity contribution is -0.0346. The summed E-state index contributed by atoms with van der Waals surface area (Å²) in [4.78, 5) is 12.2. The first-order valence-electron chi connectivity index (χ1n) is 9.06. The lowest BCUT2D eigenvalue weighted by atomic mass is 9.62. The number of fused-ring (bicyclic) bond motifs is 1. The number of aliphatic hydroxyl groups is 1. The number of hydrogen-bond donors (Lipinski definition) is 2. The molecule has 4 heteroatoms. The Bertz CT molecular complexity index is 599. The fourth-order valence-corrected chi connectivity index (χ4v) is 5.16. The second-order valence-electron chi connectivity index (χ2n) is 7.88. The minimum absolute atomic E-state index is 0.0693. The molecule has 2 N–H and O–H groups in total. The van der Waals surface area contributed by atoms with Crippen molar-refractivity contribution in [3.05, 3.63) is 29.8 Å². The Morgan fingerprint density at radius 2 is 2.17 bits per heavy atom. The van der Waals surface area contributed by atoms with Crippen molar-refractivity contribution in [2.45, 2.75) is 52.1 Å². The molecule has 2 saturated carbocycles. The molecule has 0 heterocycles. The van der Waals surface area contributed by atoms with Gasteiger partial charge >= 0.3 is 5.97 Å². The average molecular weight is 332 g/mol. The number of aliphatic hydroxyl groups excluding tert-OH is 1. The van der Waals surface area contributed by atoms with Crippen LogP contribution in [0.2, 0.25) is 0 Å². The van der Waals surface area contributed by atoms with Gasteiger partial charge in [0.15, 0.2) is 0 Å². The second-order valence-corrected chi connectivity index (χ2v) is 7.88. The summed E-state index contributed by atoms with van der Waals surface area (Å²) in [6.07, 6.45) is 5.17. The molecule has 0 aliphatic heterocycles. The van der Waals surface area contributed by atoms with Crippen LogP contribution in [0.5, 0.6) is 5.75 Å². The number of phenols is 1. The fourth-order valence-electron chi connectivity index (χ4n) is 5.16. The maximum atomic E-state index is 12.2. The molecule has 1 aromatic carbocycles. The number of esters is 1. The van der Waals surface area contributed by atoms with Crippen LogP contribution >= 0.6 is 0 Å². The molecule has 5 atom stereocenters. The number of hydrogen-bond acceptors (Lipinski definition) is 4. The van der Waals surface area contributed by atoms with Crippen LogP contribution < -0.4 is 0 Å². The normalized spacial score (nSPS) is 33.7. The topological polar surface area (TPSA) is 66.8 Å². The Balaban J connectivity index is 1.61. The predicted molar refractivity (Wildman–Crippen MR) is 91.7 cm³/mol. The molecule has 2 aliphatic rings. The summed E-state index contributed by atoms with van der Waals surface area (Å²) < 4.78 is 5.50. The summed E-state index contributed by atoms with van der Waals surface area (Å²) in [6, 6.07) is 6.25. The van der Waals surface area contributed by atoms with Crippen LogP contribution in [0.3, 0.4) is 0 Å². The number of carbonyl (C=O) groups excluding carboxylic acids is 1. The van der Waals surface area contributed by atoms with Gasteiger partial charge in [0, 0.05) is 0 Å². The van der Waals surface area contributed by atoms with Crippen molar-refractivity contribution in [3.8, 4) is 5.75 Å². The third-order valence-electron chi connectivity index (χ3n) is 6.41. The van der Waals surface area contributed by atoms with E-state index >= 15 is 0 Å². The highest BCUT2D eigenvalue weighted by molar-refractivity contribution is 5.89. The summed E-state index contributed by atoms with van der Waals surface area (Å²) in [5, 5.41) is 19.8. The van der Waals surface area contributed by atoms with Crippen molar-refractivity contribution < 1.29 is 19.7 Å². The van der Waals surface area contributed by atoms with E-state index in [4.69, 9.17) is 4.74 Å². The zero-order chi connectivity index (χ0) is 17.3. The van der Waals surface area contributed by atoms with Crippen molar-refractivity contribution in [2.24, 2.45) is 23.2 Å². The standard InChI is InChI=1S/C20H28O4/c1-13(12-24-19(23)14-5-3-6-15(21)11-14)16-8-9-17-18(22)7-4-10-20(16,17)2/h3,5-6,11,13,16-18,21-22H,4,7-10,12H2,1-2H3/t13-,16-,17+,18+,20-/m1/s1. The molecule has 2 aliphatic carbocycles. The molecule has 0 saturated heterocycles. The number of aromatic hydroxyl groups is 1. The first-order valence-corrected chi connectivity index (χ1v) is 9.06. The van der Waals surface area contributed by atoms with Gasteiger partial charge in [-0.3, -0.25) is 0 Å². The van der Waals surface area contributed by atoms with Gasteiger partial charge in [-0.15, -0.1) is 0 Å². The third-order valence-corrected chi connectivity index (χ3v) is 6.41. The van der Waals surface area contributed by atoms with Crippen molar-refractivity contribution in [2.75, 3.05) is 6.61 Å². The van der Waals surface area contributed by atoms with Crippen LogP contribution in [-0.4, -0.2) is 28.9 Å². The monoisotopic (exact) mass is 332 g/mol. The van der Waals surface area contributed by atoms with E-state index in [-0.39, 0.29) is 29.2 Å². The molecule has 1 aromatic rings. The summed E-state index contributed by atoms with van der Waals surface area (Å²) in [6.45, 7) is 4.85. The molecule has 0 amide bonds. The van der Waals surface area contributed by atoms with Crippen LogP contribution in [0.25, 0.3) is 0 Å². The second kappa shape index (κ2) is 6.75. The highest BCUT2D eigenvalue weighted by Crippen LogP contribution is 2.57. The molecule has 0 radical (unpaired) electrons. The maximum Gasteiger partial charge on any atom is 0.338 e. The average Bonchev–Trinajstić information content (AvgIpc) is 2.91. The Labute approximate surface area is 143 Å². The third kappa shape index (κ3) is 3.16. The van der Waals surface area contributed by atoms with Gasteiger partial charge in [0.25, 0.3) is 0 Å². The van der Waals surface area contributed by atoms with Gasteiger partial charge in [0.1, 0.15) is 5.75 Å². The number of phenolic OH excluding ortho intramolecular Hbond substituents is 1. The summed E-state index contributed by atoms with van der Waals surface area (Å²) in [5.41, 5.74) is 0.542.